The van der Waals surface area contributed by atoms with E-state index < -0.39 is 12.8 Å². The fourth-order valence-electron chi connectivity index (χ4n) is 2.95. The van der Waals surface area contributed by atoms with E-state index in [4.69, 9.17) is 0 Å². The normalized spacial score (nSPS) is 14.6. The molecule has 0 spiro atoms. The molecule has 2 heterocycles. The first-order chi connectivity index (χ1) is 13.8. The molecule has 0 radical (unpaired) electrons. The Kier molecular flexibility index (Phi) is 6.36. The third-order valence-corrected chi connectivity index (χ3v) is 4.40. The molecule has 0 aliphatic carbocycles. The van der Waals surface area contributed by atoms with Crippen LogP contribution < -0.4 is 15.0 Å². The number of carbonyl (C=O) groups is 2. The number of alkyl halides is 3. The van der Waals surface area contributed by atoms with Crippen molar-refractivity contribution in [1.29, 1.82) is 0 Å². The molecule has 1 aromatic carbocycles. The van der Waals surface area contributed by atoms with Gasteiger partial charge in [-0.1, -0.05) is 0 Å². The molecule has 0 saturated carbocycles. The minimum atomic E-state index is -4.45. The molecule has 154 valence electrons. The lowest BCUT2D eigenvalue weighted by molar-refractivity contribution is -0.154. The zero-order valence-corrected chi connectivity index (χ0v) is 15.5. The van der Waals surface area contributed by atoms with Crippen molar-refractivity contribution in [2.75, 3.05) is 18.1 Å². The third kappa shape index (κ3) is 5.94. The van der Waals surface area contributed by atoms with Crippen molar-refractivity contribution >= 4 is 17.5 Å². The molecule has 0 unspecified atom stereocenters. The Balaban J connectivity index is 1.56. The van der Waals surface area contributed by atoms with Crippen LogP contribution >= 0.6 is 0 Å². The number of anilines is 1. The molecule has 1 saturated heterocycles. The van der Waals surface area contributed by atoms with Crippen LogP contribution in [0.5, 0.6) is 5.88 Å². The number of ether oxygens (including phenoxy) is 1. The summed E-state index contributed by atoms with van der Waals surface area (Å²) in [6.45, 7) is -0.650. The molecule has 1 fully saturated rings. The fourth-order valence-corrected chi connectivity index (χ4v) is 2.95. The van der Waals surface area contributed by atoms with E-state index in [-0.39, 0.29) is 24.2 Å². The Morgan fingerprint density at radius 2 is 1.93 bits per heavy atom. The molecule has 1 aromatic heterocycles. The second kappa shape index (κ2) is 8.93. The molecule has 2 amide bonds. The first-order valence-electron chi connectivity index (χ1n) is 9.15. The van der Waals surface area contributed by atoms with E-state index in [1.165, 1.54) is 12.3 Å². The number of nitrogens with one attached hydrogen (secondary N) is 1. The van der Waals surface area contributed by atoms with Crippen LogP contribution in [0.25, 0.3) is 0 Å². The average molecular weight is 407 g/mol. The lowest BCUT2D eigenvalue weighted by atomic mass is 10.1. The van der Waals surface area contributed by atoms with Crippen LogP contribution in [0.4, 0.5) is 18.9 Å². The molecule has 3 rings (SSSR count). The van der Waals surface area contributed by atoms with Gasteiger partial charge in [0, 0.05) is 43.0 Å². The third-order valence-electron chi connectivity index (χ3n) is 4.40. The van der Waals surface area contributed by atoms with Crippen LogP contribution in [0.15, 0.2) is 42.6 Å². The SMILES string of the molecule is O=C(NCc1ccnc(OCC(F)(F)F)c1)c1ccc(N2CCCCC2=O)cc1. The summed E-state index contributed by atoms with van der Waals surface area (Å²) in [6.07, 6.45) is -0.750. The van der Waals surface area contributed by atoms with Crippen LogP contribution in [0, 0.1) is 0 Å². The number of pyridine rings is 1. The molecule has 1 aliphatic rings. The van der Waals surface area contributed by atoms with Crippen molar-refractivity contribution in [3.05, 3.63) is 53.7 Å². The molecular weight excluding hydrogens is 387 g/mol. The van der Waals surface area contributed by atoms with E-state index in [2.05, 4.69) is 15.0 Å². The first-order valence-corrected chi connectivity index (χ1v) is 9.15. The summed E-state index contributed by atoms with van der Waals surface area (Å²) in [6, 6.07) is 9.65. The maximum absolute atomic E-state index is 12.3. The highest BCUT2D eigenvalue weighted by atomic mass is 19.4. The minimum Gasteiger partial charge on any atom is -0.468 e. The van der Waals surface area contributed by atoms with Crippen molar-refractivity contribution in [3.63, 3.8) is 0 Å². The highest BCUT2D eigenvalue weighted by molar-refractivity contribution is 5.96. The second-order valence-corrected chi connectivity index (χ2v) is 6.64. The molecule has 1 N–H and O–H groups in total. The topological polar surface area (TPSA) is 71.5 Å². The molecule has 1 aliphatic heterocycles. The zero-order valence-electron chi connectivity index (χ0n) is 15.5. The molecular formula is C20H20F3N3O3. The van der Waals surface area contributed by atoms with Gasteiger partial charge in [-0.05, 0) is 48.7 Å². The van der Waals surface area contributed by atoms with Gasteiger partial charge >= 0.3 is 6.18 Å². The summed E-state index contributed by atoms with van der Waals surface area (Å²) in [5, 5.41) is 2.70. The molecule has 29 heavy (non-hydrogen) atoms. The van der Waals surface area contributed by atoms with Crippen molar-refractivity contribution < 1.29 is 27.5 Å². The van der Waals surface area contributed by atoms with Gasteiger partial charge in [0.05, 0.1) is 0 Å². The van der Waals surface area contributed by atoms with Gasteiger partial charge in [-0.3, -0.25) is 9.59 Å². The van der Waals surface area contributed by atoms with E-state index in [1.807, 2.05) is 0 Å². The van der Waals surface area contributed by atoms with Crippen molar-refractivity contribution in [1.82, 2.24) is 10.3 Å². The summed E-state index contributed by atoms with van der Waals surface area (Å²) in [4.78, 5) is 29.7. The number of benzene rings is 1. The average Bonchev–Trinajstić information content (AvgIpc) is 2.71. The monoisotopic (exact) mass is 407 g/mol. The molecule has 0 bridgehead atoms. The molecule has 0 atom stereocenters. The van der Waals surface area contributed by atoms with Gasteiger partial charge in [0.1, 0.15) is 0 Å². The van der Waals surface area contributed by atoms with E-state index in [1.54, 1.807) is 35.2 Å². The number of halogens is 3. The van der Waals surface area contributed by atoms with Gasteiger partial charge in [0.25, 0.3) is 5.91 Å². The van der Waals surface area contributed by atoms with Gasteiger partial charge in [-0.2, -0.15) is 13.2 Å². The van der Waals surface area contributed by atoms with E-state index in [9.17, 15) is 22.8 Å². The van der Waals surface area contributed by atoms with E-state index in [0.29, 0.717) is 24.1 Å². The number of nitrogens with zero attached hydrogens (tertiary/aromatic N) is 2. The summed E-state index contributed by atoms with van der Waals surface area (Å²) in [7, 11) is 0. The minimum absolute atomic E-state index is 0.0784. The summed E-state index contributed by atoms with van der Waals surface area (Å²) in [5.74, 6) is -0.421. The Bertz CT molecular complexity index is 869. The van der Waals surface area contributed by atoms with Crippen LogP contribution in [0.3, 0.4) is 0 Å². The maximum atomic E-state index is 12.3. The van der Waals surface area contributed by atoms with Gasteiger partial charge in [0.15, 0.2) is 6.61 Å². The van der Waals surface area contributed by atoms with Gasteiger partial charge in [0.2, 0.25) is 11.8 Å². The highest BCUT2D eigenvalue weighted by Gasteiger charge is 2.28. The van der Waals surface area contributed by atoms with Crippen LogP contribution in [-0.4, -0.2) is 36.1 Å². The van der Waals surface area contributed by atoms with Crippen LogP contribution in [0.1, 0.15) is 35.2 Å². The van der Waals surface area contributed by atoms with E-state index >= 15 is 0 Å². The molecule has 6 nitrogen and oxygen atoms in total. The Morgan fingerprint density at radius 3 is 2.62 bits per heavy atom. The Morgan fingerprint density at radius 1 is 1.17 bits per heavy atom. The lowest BCUT2D eigenvalue weighted by Crippen LogP contribution is -2.35. The van der Waals surface area contributed by atoms with Gasteiger partial charge in [-0.25, -0.2) is 4.98 Å². The summed E-state index contributed by atoms with van der Waals surface area (Å²) >= 11 is 0. The van der Waals surface area contributed by atoms with Gasteiger partial charge in [-0.15, -0.1) is 0 Å². The van der Waals surface area contributed by atoms with Gasteiger partial charge < -0.3 is 15.0 Å². The number of carbonyl (C=O) groups excluding carboxylic acids is 2. The molecule has 2 aromatic rings. The van der Waals surface area contributed by atoms with Crippen LogP contribution in [0.2, 0.25) is 0 Å². The van der Waals surface area contributed by atoms with Crippen molar-refractivity contribution in [2.45, 2.75) is 32.0 Å². The predicted octanol–water partition coefficient (Wildman–Crippen LogP) is 3.47. The smallest absolute Gasteiger partial charge is 0.422 e. The van der Waals surface area contributed by atoms with Crippen LogP contribution in [-0.2, 0) is 11.3 Å². The predicted molar refractivity (Wildman–Crippen MR) is 99.6 cm³/mol. The zero-order chi connectivity index (χ0) is 20.9. The summed E-state index contributed by atoms with van der Waals surface area (Å²) < 4.78 is 41.3. The second-order valence-electron chi connectivity index (χ2n) is 6.64. The number of amides is 2. The Labute approximate surface area is 165 Å². The number of hydrogen-bond donors (Lipinski definition) is 1. The van der Waals surface area contributed by atoms with Crippen molar-refractivity contribution in [3.8, 4) is 5.88 Å². The quantitative estimate of drug-likeness (QED) is 0.796. The number of piperidine rings is 1. The summed E-state index contributed by atoms with van der Waals surface area (Å²) in [5.41, 5.74) is 1.73. The largest absolute Gasteiger partial charge is 0.468 e. The van der Waals surface area contributed by atoms with Crippen molar-refractivity contribution in [2.24, 2.45) is 0 Å². The lowest BCUT2D eigenvalue weighted by Gasteiger charge is -2.26. The first kappa shape index (κ1) is 20.6. The Hall–Kier alpha value is -3.10. The number of aromatic nitrogens is 1. The number of hydrogen-bond acceptors (Lipinski definition) is 4. The fraction of sp³-hybridized carbons (Fsp3) is 0.350. The standard InChI is InChI=1S/C20H20F3N3O3/c21-20(22,23)13-29-17-11-14(8-9-24-17)12-25-19(28)15-4-6-16(7-5-15)26-10-2-1-3-18(26)27/h4-9,11H,1-3,10,12-13H2,(H,25,28). The number of rotatable bonds is 6. The molecule has 9 heteroatoms. The maximum Gasteiger partial charge on any atom is 0.422 e. The highest BCUT2D eigenvalue weighted by Crippen LogP contribution is 2.21. The van der Waals surface area contributed by atoms with E-state index in [0.717, 1.165) is 18.5 Å².